The summed E-state index contributed by atoms with van der Waals surface area (Å²) >= 11 is 1.73. The highest BCUT2D eigenvalue weighted by Crippen LogP contribution is 2.32. The van der Waals surface area contributed by atoms with Crippen LogP contribution in [0.25, 0.3) is 10.2 Å². The summed E-state index contributed by atoms with van der Waals surface area (Å²) in [6.07, 6.45) is 3.84. The molecule has 0 saturated carbocycles. The predicted octanol–water partition coefficient (Wildman–Crippen LogP) is 3.10. The van der Waals surface area contributed by atoms with Crippen LogP contribution in [-0.2, 0) is 0 Å². The van der Waals surface area contributed by atoms with E-state index < -0.39 is 0 Å². The monoisotopic (exact) mass is 278 g/mol. The summed E-state index contributed by atoms with van der Waals surface area (Å²) in [6.45, 7) is 8.15. The minimum absolute atomic E-state index is 0.607. The standard InChI is InChI=1S/C14H22N4S/c1-4-11(5-6-15)7-16-13-12-9(2)10(3)19-14(12)18-8-17-13/h8,11H,4-7,15H2,1-3H3,(H,16,17,18). The van der Waals surface area contributed by atoms with E-state index in [4.69, 9.17) is 5.73 Å². The van der Waals surface area contributed by atoms with E-state index in [1.807, 2.05) is 0 Å². The second-order valence-electron chi connectivity index (χ2n) is 4.92. The zero-order valence-corrected chi connectivity index (χ0v) is 12.7. The van der Waals surface area contributed by atoms with E-state index >= 15 is 0 Å². The second-order valence-corrected chi connectivity index (χ2v) is 6.12. The summed E-state index contributed by atoms with van der Waals surface area (Å²) in [6, 6.07) is 0. The van der Waals surface area contributed by atoms with Crippen molar-refractivity contribution in [3.8, 4) is 0 Å². The molecule has 0 radical (unpaired) electrons. The lowest BCUT2D eigenvalue weighted by molar-refractivity contribution is 0.501. The van der Waals surface area contributed by atoms with E-state index in [1.54, 1.807) is 17.7 Å². The minimum atomic E-state index is 0.607. The molecule has 5 heteroatoms. The number of hydrogen-bond acceptors (Lipinski definition) is 5. The van der Waals surface area contributed by atoms with Gasteiger partial charge in [0.1, 0.15) is 17.0 Å². The Morgan fingerprint density at radius 3 is 2.84 bits per heavy atom. The van der Waals surface area contributed by atoms with E-state index in [0.717, 1.165) is 36.6 Å². The number of nitrogens with one attached hydrogen (secondary N) is 1. The van der Waals surface area contributed by atoms with Crippen LogP contribution in [-0.4, -0.2) is 23.1 Å². The molecule has 19 heavy (non-hydrogen) atoms. The van der Waals surface area contributed by atoms with Gasteiger partial charge in [-0.25, -0.2) is 9.97 Å². The third-order valence-electron chi connectivity index (χ3n) is 3.68. The molecule has 0 amide bonds. The molecule has 0 aliphatic rings. The quantitative estimate of drug-likeness (QED) is 0.852. The lowest BCUT2D eigenvalue weighted by Crippen LogP contribution is -2.18. The molecule has 0 spiro atoms. The maximum absolute atomic E-state index is 5.64. The van der Waals surface area contributed by atoms with E-state index in [1.165, 1.54) is 15.8 Å². The SMILES string of the molecule is CCC(CCN)CNc1ncnc2sc(C)c(C)c12. The first kappa shape index (κ1) is 14.2. The van der Waals surface area contributed by atoms with Crippen molar-refractivity contribution in [3.63, 3.8) is 0 Å². The number of anilines is 1. The summed E-state index contributed by atoms with van der Waals surface area (Å²) in [5.41, 5.74) is 6.93. The topological polar surface area (TPSA) is 63.8 Å². The molecule has 2 rings (SSSR count). The highest BCUT2D eigenvalue weighted by atomic mass is 32.1. The molecule has 104 valence electrons. The van der Waals surface area contributed by atoms with Crippen molar-refractivity contribution >= 4 is 27.4 Å². The van der Waals surface area contributed by atoms with Crippen LogP contribution < -0.4 is 11.1 Å². The maximum atomic E-state index is 5.64. The zero-order valence-electron chi connectivity index (χ0n) is 11.9. The van der Waals surface area contributed by atoms with Gasteiger partial charge in [-0.15, -0.1) is 11.3 Å². The Labute approximate surface area is 118 Å². The van der Waals surface area contributed by atoms with Gasteiger partial charge in [0.15, 0.2) is 0 Å². The molecular weight excluding hydrogens is 256 g/mol. The molecule has 2 aromatic heterocycles. The molecule has 2 heterocycles. The van der Waals surface area contributed by atoms with Gasteiger partial charge in [-0.1, -0.05) is 13.3 Å². The van der Waals surface area contributed by atoms with Crippen LogP contribution in [0, 0.1) is 19.8 Å². The number of hydrogen-bond donors (Lipinski definition) is 2. The normalized spacial score (nSPS) is 12.8. The molecule has 1 atom stereocenters. The lowest BCUT2D eigenvalue weighted by atomic mass is 10.0. The molecule has 0 bridgehead atoms. The molecule has 0 aliphatic carbocycles. The first-order chi connectivity index (χ1) is 9.17. The van der Waals surface area contributed by atoms with Crippen LogP contribution in [0.3, 0.4) is 0 Å². The molecule has 0 aromatic carbocycles. The molecule has 0 saturated heterocycles. The molecule has 2 aromatic rings. The van der Waals surface area contributed by atoms with Crippen LogP contribution in [0.4, 0.5) is 5.82 Å². The van der Waals surface area contributed by atoms with E-state index in [-0.39, 0.29) is 0 Å². The molecule has 0 aliphatic heterocycles. The van der Waals surface area contributed by atoms with Gasteiger partial charge >= 0.3 is 0 Å². The van der Waals surface area contributed by atoms with Gasteiger partial charge in [0.05, 0.1) is 5.39 Å². The summed E-state index contributed by atoms with van der Waals surface area (Å²) in [4.78, 5) is 11.1. The largest absolute Gasteiger partial charge is 0.369 e. The highest BCUT2D eigenvalue weighted by Gasteiger charge is 2.13. The van der Waals surface area contributed by atoms with Gasteiger partial charge in [0, 0.05) is 11.4 Å². The summed E-state index contributed by atoms with van der Waals surface area (Å²) in [5, 5.41) is 4.65. The Kier molecular flexibility index (Phi) is 4.71. The van der Waals surface area contributed by atoms with Crippen LogP contribution in [0.1, 0.15) is 30.2 Å². The number of aryl methyl sites for hydroxylation is 2. The van der Waals surface area contributed by atoms with Gasteiger partial charge in [-0.2, -0.15) is 0 Å². The van der Waals surface area contributed by atoms with E-state index in [9.17, 15) is 0 Å². The number of nitrogens with two attached hydrogens (primary N) is 1. The fraction of sp³-hybridized carbons (Fsp3) is 0.571. The van der Waals surface area contributed by atoms with Crippen LogP contribution in [0.5, 0.6) is 0 Å². The number of aromatic nitrogens is 2. The van der Waals surface area contributed by atoms with Gasteiger partial charge in [-0.3, -0.25) is 0 Å². The Morgan fingerprint density at radius 2 is 2.16 bits per heavy atom. The summed E-state index contributed by atoms with van der Waals surface area (Å²) < 4.78 is 0. The van der Waals surface area contributed by atoms with Crippen LogP contribution >= 0.6 is 11.3 Å². The van der Waals surface area contributed by atoms with Crippen LogP contribution in [0.15, 0.2) is 6.33 Å². The summed E-state index contributed by atoms with van der Waals surface area (Å²) in [5.74, 6) is 1.57. The maximum Gasteiger partial charge on any atom is 0.138 e. The van der Waals surface area contributed by atoms with Gasteiger partial charge in [0.25, 0.3) is 0 Å². The van der Waals surface area contributed by atoms with Crippen molar-refractivity contribution in [1.82, 2.24) is 9.97 Å². The molecule has 3 N–H and O–H groups in total. The Balaban J connectivity index is 2.20. The van der Waals surface area contributed by atoms with Crippen molar-refractivity contribution in [2.75, 3.05) is 18.4 Å². The minimum Gasteiger partial charge on any atom is -0.369 e. The van der Waals surface area contributed by atoms with E-state index in [0.29, 0.717) is 5.92 Å². The molecule has 0 fully saturated rings. The van der Waals surface area contributed by atoms with Crippen molar-refractivity contribution < 1.29 is 0 Å². The highest BCUT2D eigenvalue weighted by molar-refractivity contribution is 7.18. The predicted molar refractivity (Wildman–Crippen MR) is 82.8 cm³/mol. The fourth-order valence-corrected chi connectivity index (χ4v) is 3.24. The molecule has 1 unspecified atom stereocenters. The Bertz CT molecular complexity index is 550. The van der Waals surface area contributed by atoms with Gasteiger partial charge in [-0.05, 0) is 38.3 Å². The zero-order chi connectivity index (χ0) is 13.8. The van der Waals surface area contributed by atoms with E-state index in [2.05, 4.69) is 36.1 Å². The van der Waals surface area contributed by atoms with Crippen LogP contribution in [0.2, 0.25) is 0 Å². The van der Waals surface area contributed by atoms with Crippen molar-refractivity contribution in [2.24, 2.45) is 11.7 Å². The second kappa shape index (κ2) is 6.30. The first-order valence-electron chi connectivity index (χ1n) is 6.82. The van der Waals surface area contributed by atoms with Crippen molar-refractivity contribution in [2.45, 2.75) is 33.6 Å². The lowest BCUT2D eigenvalue weighted by Gasteiger charge is -2.15. The van der Waals surface area contributed by atoms with Crippen molar-refractivity contribution in [3.05, 3.63) is 16.8 Å². The number of thiophene rings is 1. The van der Waals surface area contributed by atoms with Crippen molar-refractivity contribution in [1.29, 1.82) is 0 Å². The number of rotatable bonds is 6. The number of fused-ring (bicyclic) bond motifs is 1. The number of nitrogens with zero attached hydrogens (tertiary/aromatic N) is 2. The third-order valence-corrected chi connectivity index (χ3v) is 4.79. The Morgan fingerprint density at radius 1 is 1.37 bits per heavy atom. The molecular formula is C14H22N4S. The smallest absolute Gasteiger partial charge is 0.138 e. The fourth-order valence-electron chi connectivity index (χ4n) is 2.24. The van der Waals surface area contributed by atoms with Gasteiger partial charge < -0.3 is 11.1 Å². The average Bonchev–Trinajstić information content (AvgIpc) is 2.71. The van der Waals surface area contributed by atoms with Gasteiger partial charge in [0.2, 0.25) is 0 Å². The molecule has 4 nitrogen and oxygen atoms in total. The Hall–Kier alpha value is -1.20. The average molecular weight is 278 g/mol. The summed E-state index contributed by atoms with van der Waals surface area (Å²) in [7, 11) is 0. The third kappa shape index (κ3) is 3.04. The first-order valence-corrected chi connectivity index (χ1v) is 7.63.